The first-order valence-corrected chi connectivity index (χ1v) is 14.9. The lowest BCUT2D eigenvalue weighted by Gasteiger charge is -2.50. The Bertz CT molecular complexity index is 960. The summed E-state index contributed by atoms with van der Waals surface area (Å²) in [6, 6.07) is 0. The Morgan fingerprint density at radius 2 is 1.73 bits per heavy atom. The Morgan fingerprint density at radius 1 is 1.15 bits per heavy atom. The van der Waals surface area contributed by atoms with Gasteiger partial charge in [0.25, 0.3) is 0 Å². The molecule has 0 aromatic heterocycles. The Labute approximate surface area is 247 Å². The third kappa shape index (κ3) is 7.29. The number of hydrogen-bond acceptors (Lipinski definition) is 9. The first-order valence-electron chi connectivity index (χ1n) is 14.9. The summed E-state index contributed by atoms with van der Waals surface area (Å²) in [6.45, 7) is 18.6. The molecule has 41 heavy (non-hydrogen) atoms. The van der Waals surface area contributed by atoms with Crippen LogP contribution in [-0.4, -0.2) is 99.3 Å². The van der Waals surface area contributed by atoms with Crippen LogP contribution in [0.5, 0.6) is 0 Å². The van der Waals surface area contributed by atoms with Crippen molar-refractivity contribution < 1.29 is 39.4 Å². The van der Waals surface area contributed by atoms with Crippen LogP contribution in [0.25, 0.3) is 0 Å². The highest BCUT2D eigenvalue weighted by Gasteiger charge is 2.53. The number of aliphatic hydroxyl groups is 4. The molecule has 9 nitrogen and oxygen atoms in total. The smallest absolute Gasteiger partial charge is 0.309 e. The lowest BCUT2D eigenvalue weighted by Crippen LogP contribution is -2.59. The summed E-state index contributed by atoms with van der Waals surface area (Å²) >= 11 is 0. The van der Waals surface area contributed by atoms with E-state index in [1.807, 2.05) is 13.8 Å². The van der Waals surface area contributed by atoms with E-state index in [0.29, 0.717) is 13.0 Å². The molecular weight excluding hydrogens is 526 g/mol. The molecule has 2 aliphatic heterocycles. The fourth-order valence-electron chi connectivity index (χ4n) is 6.97. The number of esters is 1. The van der Waals surface area contributed by atoms with E-state index in [9.17, 15) is 25.2 Å². The zero-order valence-electron chi connectivity index (χ0n) is 26.8. The fraction of sp³-hybridized carbons (Fsp3) is 0.844. The van der Waals surface area contributed by atoms with Crippen molar-refractivity contribution in [2.24, 2.45) is 29.6 Å². The second-order valence-electron chi connectivity index (χ2n) is 13.4. The van der Waals surface area contributed by atoms with Crippen molar-refractivity contribution in [2.75, 3.05) is 20.7 Å². The van der Waals surface area contributed by atoms with Crippen LogP contribution >= 0.6 is 0 Å². The summed E-state index contributed by atoms with van der Waals surface area (Å²) in [5.74, 6) is -0.270. The number of hydrogen-bond donors (Lipinski definition) is 4. The molecule has 2 saturated heterocycles. The van der Waals surface area contributed by atoms with Gasteiger partial charge in [-0.1, -0.05) is 34.3 Å². The van der Waals surface area contributed by atoms with Crippen molar-refractivity contribution >= 4 is 5.97 Å². The molecule has 13 atom stereocenters. The SMILES string of the molecule is C#C[C@H]1C([C@H]2C[C@@](C)(OC)[C@@H](O)[C@H](C)O2)[C@@H](C)C(=O)O[C@H](CC)[C@@](C)(O)[C@H](O)C(=C)N(C)C[C@H](C)C[C@@](C)(O)[C@@H]1C. The van der Waals surface area contributed by atoms with Gasteiger partial charge in [0.15, 0.2) is 0 Å². The van der Waals surface area contributed by atoms with Crippen LogP contribution in [0.1, 0.15) is 74.7 Å². The van der Waals surface area contributed by atoms with Gasteiger partial charge >= 0.3 is 5.97 Å². The maximum atomic E-state index is 13.9. The number of rotatable bonds is 3. The molecule has 2 rings (SSSR count). The fourth-order valence-corrected chi connectivity index (χ4v) is 6.97. The molecule has 2 fully saturated rings. The zero-order valence-corrected chi connectivity index (χ0v) is 26.8. The summed E-state index contributed by atoms with van der Waals surface area (Å²) in [5, 5.41) is 45.3. The Morgan fingerprint density at radius 3 is 2.24 bits per heavy atom. The van der Waals surface area contributed by atoms with Gasteiger partial charge in [-0.05, 0) is 52.4 Å². The zero-order chi connectivity index (χ0) is 31.7. The first-order chi connectivity index (χ1) is 18.8. The quantitative estimate of drug-likeness (QED) is 0.294. The molecular formula is C32H55NO8. The van der Waals surface area contributed by atoms with Crippen LogP contribution in [0.3, 0.4) is 0 Å². The maximum Gasteiger partial charge on any atom is 0.309 e. The number of cyclic esters (lactones) is 1. The van der Waals surface area contributed by atoms with E-state index in [2.05, 4.69) is 12.5 Å². The molecule has 0 aromatic rings. The predicted molar refractivity (Wildman–Crippen MR) is 157 cm³/mol. The molecule has 0 saturated carbocycles. The molecule has 2 heterocycles. The van der Waals surface area contributed by atoms with E-state index >= 15 is 0 Å². The third-order valence-electron chi connectivity index (χ3n) is 10.0. The number of aliphatic hydroxyl groups excluding tert-OH is 2. The van der Waals surface area contributed by atoms with Crippen LogP contribution < -0.4 is 0 Å². The van der Waals surface area contributed by atoms with E-state index in [4.69, 9.17) is 20.6 Å². The molecule has 0 bridgehead atoms. The second kappa shape index (κ2) is 13.3. The van der Waals surface area contributed by atoms with Crippen LogP contribution in [0.2, 0.25) is 0 Å². The highest BCUT2D eigenvalue weighted by atomic mass is 16.6. The van der Waals surface area contributed by atoms with Crippen LogP contribution in [0.15, 0.2) is 12.3 Å². The normalized spacial score (nSPS) is 47.6. The monoisotopic (exact) mass is 581 g/mol. The summed E-state index contributed by atoms with van der Waals surface area (Å²) in [6.07, 6.45) is 2.53. The molecule has 2 aliphatic rings. The minimum Gasteiger partial charge on any atom is -0.459 e. The van der Waals surface area contributed by atoms with E-state index in [1.54, 1.807) is 46.6 Å². The van der Waals surface area contributed by atoms with Gasteiger partial charge < -0.3 is 39.5 Å². The lowest BCUT2D eigenvalue weighted by molar-refractivity contribution is -0.234. The standard InChI is InChI=1S/C32H55NO8/c1-13-23-20(5)30(8,37)15-18(3)17-33(11)21(6)27(34)32(10,38)25(14-2)41-29(36)19(4)26(23)24-16-31(9,39-12)28(35)22(7)40-24/h1,18-20,22-28,34-35,37-38H,6,14-17H2,2-5,7-12H3/t18-,19-,20-,22+,23-,24-,25-,26?,27-,28+,30-,31-,32-/m1/s1. The van der Waals surface area contributed by atoms with Crippen molar-refractivity contribution in [1.29, 1.82) is 0 Å². The third-order valence-corrected chi connectivity index (χ3v) is 10.0. The van der Waals surface area contributed by atoms with Crippen molar-refractivity contribution in [3.05, 3.63) is 12.3 Å². The topological polar surface area (TPSA) is 129 Å². The van der Waals surface area contributed by atoms with Crippen LogP contribution in [-0.2, 0) is 19.0 Å². The van der Waals surface area contributed by atoms with E-state index < -0.39 is 77.0 Å². The average Bonchev–Trinajstić information content (AvgIpc) is 2.90. The molecule has 0 aromatic carbocycles. The molecule has 0 spiro atoms. The van der Waals surface area contributed by atoms with Crippen LogP contribution in [0, 0.1) is 41.9 Å². The van der Waals surface area contributed by atoms with Gasteiger partial charge in [-0.2, -0.15) is 0 Å². The summed E-state index contributed by atoms with van der Waals surface area (Å²) in [5.41, 5.74) is -3.71. The molecule has 0 amide bonds. The highest BCUT2D eigenvalue weighted by Crippen LogP contribution is 2.45. The number of carbonyl (C=O) groups excluding carboxylic acids is 1. The van der Waals surface area contributed by atoms with Crippen molar-refractivity contribution in [1.82, 2.24) is 4.90 Å². The number of nitrogens with zero attached hydrogens (tertiary/aromatic N) is 1. The number of terminal acetylenes is 1. The van der Waals surface area contributed by atoms with Gasteiger partial charge in [-0.15, -0.1) is 12.3 Å². The van der Waals surface area contributed by atoms with Gasteiger partial charge in [0.1, 0.15) is 23.9 Å². The van der Waals surface area contributed by atoms with Gasteiger partial charge in [-0.25, -0.2) is 0 Å². The van der Waals surface area contributed by atoms with Crippen molar-refractivity contribution in [2.45, 2.75) is 122 Å². The van der Waals surface area contributed by atoms with Crippen molar-refractivity contribution in [3.63, 3.8) is 0 Å². The maximum absolute atomic E-state index is 13.9. The van der Waals surface area contributed by atoms with E-state index in [1.165, 1.54) is 14.0 Å². The van der Waals surface area contributed by atoms with E-state index in [-0.39, 0.29) is 24.5 Å². The minimum absolute atomic E-state index is 0.0384. The van der Waals surface area contributed by atoms with Gasteiger partial charge in [-0.3, -0.25) is 4.79 Å². The summed E-state index contributed by atoms with van der Waals surface area (Å²) in [4.78, 5) is 15.6. The number of likely N-dealkylation sites (N-methyl/N-ethyl adjacent to an activating group) is 1. The van der Waals surface area contributed by atoms with Crippen LogP contribution in [0.4, 0.5) is 0 Å². The molecule has 9 heteroatoms. The minimum atomic E-state index is -1.83. The number of carbonyl (C=O) groups is 1. The predicted octanol–water partition coefficient (Wildman–Crippen LogP) is 2.74. The van der Waals surface area contributed by atoms with Gasteiger partial charge in [0.05, 0.1) is 29.3 Å². The van der Waals surface area contributed by atoms with E-state index in [0.717, 1.165) is 0 Å². The first kappa shape index (κ1) is 35.5. The summed E-state index contributed by atoms with van der Waals surface area (Å²) in [7, 11) is 3.30. The number of methoxy groups -OCH3 is 1. The van der Waals surface area contributed by atoms with Gasteiger partial charge in [0.2, 0.25) is 0 Å². The Kier molecular flexibility index (Phi) is 11.5. The molecule has 1 unspecified atom stereocenters. The highest BCUT2D eigenvalue weighted by molar-refractivity contribution is 5.73. The van der Waals surface area contributed by atoms with Crippen molar-refractivity contribution in [3.8, 4) is 12.3 Å². The molecule has 236 valence electrons. The second-order valence-corrected chi connectivity index (χ2v) is 13.4. The summed E-state index contributed by atoms with van der Waals surface area (Å²) < 4.78 is 18.0. The van der Waals surface area contributed by atoms with Gasteiger partial charge in [0, 0.05) is 44.7 Å². The number of ether oxygens (including phenoxy) is 3. The Hall–Kier alpha value is -1.67. The average molecular weight is 582 g/mol. The molecule has 4 N–H and O–H groups in total. The molecule has 0 aliphatic carbocycles. The lowest BCUT2D eigenvalue weighted by atomic mass is 9.65. The Balaban J connectivity index is 2.70. The molecule has 0 radical (unpaired) electrons. The largest absolute Gasteiger partial charge is 0.459 e.